The Kier molecular flexibility index (Phi) is 4.46. The SMILES string of the molecule is CCOC(=O)Cc1ccc(C(F)C#N)cc1. The summed E-state index contributed by atoms with van der Waals surface area (Å²) in [4.78, 5) is 11.1. The minimum atomic E-state index is -1.61. The number of nitriles is 1. The fraction of sp³-hybridized carbons (Fsp3) is 0.333. The van der Waals surface area contributed by atoms with Gasteiger partial charge in [0.15, 0.2) is 0 Å². The van der Waals surface area contributed by atoms with Crippen LogP contribution in [0.2, 0.25) is 0 Å². The topological polar surface area (TPSA) is 50.1 Å². The summed E-state index contributed by atoms with van der Waals surface area (Å²) in [7, 11) is 0. The molecule has 0 saturated heterocycles. The Labute approximate surface area is 93.5 Å². The van der Waals surface area contributed by atoms with Crippen LogP contribution in [0.5, 0.6) is 0 Å². The van der Waals surface area contributed by atoms with E-state index in [1.807, 2.05) is 0 Å². The van der Waals surface area contributed by atoms with E-state index in [1.54, 1.807) is 19.1 Å². The van der Waals surface area contributed by atoms with Gasteiger partial charge >= 0.3 is 5.97 Å². The second-order valence-electron chi connectivity index (χ2n) is 3.22. The van der Waals surface area contributed by atoms with E-state index in [0.717, 1.165) is 5.56 Å². The van der Waals surface area contributed by atoms with Crippen molar-refractivity contribution in [3.8, 4) is 6.07 Å². The molecule has 0 amide bonds. The molecular weight excluding hydrogens is 209 g/mol. The lowest BCUT2D eigenvalue weighted by atomic mass is 10.1. The highest BCUT2D eigenvalue weighted by atomic mass is 19.1. The van der Waals surface area contributed by atoms with Gasteiger partial charge in [-0.25, -0.2) is 4.39 Å². The quantitative estimate of drug-likeness (QED) is 0.733. The lowest BCUT2D eigenvalue weighted by molar-refractivity contribution is -0.142. The number of carbonyl (C=O) groups is 1. The standard InChI is InChI=1S/C12H12FNO2/c1-2-16-12(15)7-9-3-5-10(6-4-9)11(13)8-14/h3-6,11H,2,7H2,1H3. The number of ether oxygens (including phenoxy) is 1. The zero-order valence-corrected chi connectivity index (χ0v) is 8.94. The van der Waals surface area contributed by atoms with E-state index < -0.39 is 6.17 Å². The molecule has 0 fully saturated rings. The van der Waals surface area contributed by atoms with Crippen LogP contribution in [0.1, 0.15) is 24.2 Å². The van der Waals surface area contributed by atoms with Gasteiger partial charge in [-0.15, -0.1) is 0 Å². The second-order valence-corrected chi connectivity index (χ2v) is 3.22. The summed E-state index contributed by atoms with van der Waals surface area (Å²) in [5.74, 6) is -0.313. The molecule has 0 spiro atoms. The third-order valence-electron chi connectivity index (χ3n) is 2.04. The van der Waals surface area contributed by atoms with Crippen molar-refractivity contribution in [1.82, 2.24) is 0 Å². The minimum absolute atomic E-state index is 0.164. The molecule has 1 aromatic carbocycles. The first-order valence-corrected chi connectivity index (χ1v) is 4.95. The van der Waals surface area contributed by atoms with Crippen LogP contribution in [-0.4, -0.2) is 12.6 Å². The Morgan fingerprint density at radius 3 is 2.62 bits per heavy atom. The lowest BCUT2D eigenvalue weighted by Gasteiger charge is -2.03. The minimum Gasteiger partial charge on any atom is -0.466 e. The molecular formula is C12H12FNO2. The number of nitrogens with zero attached hydrogens (tertiary/aromatic N) is 1. The van der Waals surface area contributed by atoms with E-state index >= 15 is 0 Å². The van der Waals surface area contributed by atoms with Crippen LogP contribution >= 0.6 is 0 Å². The first kappa shape index (κ1) is 12.2. The molecule has 0 aliphatic heterocycles. The first-order valence-electron chi connectivity index (χ1n) is 4.95. The average Bonchev–Trinajstić information content (AvgIpc) is 2.29. The molecule has 0 N–H and O–H groups in total. The number of hydrogen-bond acceptors (Lipinski definition) is 3. The van der Waals surface area contributed by atoms with E-state index in [4.69, 9.17) is 10.00 Å². The number of hydrogen-bond donors (Lipinski definition) is 0. The number of carbonyl (C=O) groups excluding carboxylic acids is 1. The van der Waals surface area contributed by atoms with Gasteiger partial charge in [-0.3, -0.25) is 4.79 Å². The maximum atomic E-state index is 12.9. The lowest BCUT2D eigenvalue weighted by Crippen LogP contribution is -2.07. The number of halogens is 1. The highest BCUT2D eigenvalue weighted by Gasteiger charge is 2.08. The zero-order valence-electron chi connectivity index (χ0n) is 8.94. The molecule has 0 aliphatic carbocycles. The van der Waals surface area contributed by atoms with Crippen molar-refractivity contribution in [2.75, 3.05) is 6.61 Å². The van der Waals surface area contributed by atoms with Crippen molar-refractivity contribution in [1.29, 1.82) is 5.26 Å². The Balaban J connectivity index is 2.65. The molecule has 0 saturated carbocycles. The summed E-state index contributed by atoms with van der Waals surface area (Å²) in [6, 6.07) is 7.75. The van der Waals surface area contributed by atoms with E-state index in [0.29, 0.717) is 12.2 Å². The second kappa shape index (κ2) is 5.86. The average molecular weight is 221 g/mol. The van der Waals surface area contributed by atoms with Gasteiger partial charge in [0.2, 0.25) is 6.17 Å². The van der Waals surface area contributed by atoms with Crippen molar-refractivity contribution in [3.63, 3.8) is 0 Å². The van der Waals surface area contributed by atoms with Gasteiger partial charge in [0.1, 0.15) is 6.07 Å². The number of esters is 1. The summed E-state index contributed by atoms with van der Waals surface area (Å²) in [6.45, 7) is 2.08. The fourth-order valence-corrected chi connectivity index (χ4v) is 1.26. The van der Waals surface area contributed by atoms with E-state index in [2.05, 4.69) is 0 Å². The zero-order chi connectivity index (χ0) is 12.0. The molecule has 16 heavy (non-hydrogen) atoms. The molecule has 4 heteroatoms. The maximum Gasteiger partial charge on any atom is 0.310 e. The Hall–Kier alpha value is -1.89. The van der Waals surface area contributed by atoms with Crippen LogP contribution in [0.15, 0.2) is 24.3 Å². The Morgan fingerprint density at radius 2 is 2.12 bits per heavy atom. The van der Waals surface area contributed by atoms with E-state index in [9.17, 15) is 9.18 Å². The van der Waals surface area contributed by atoms with E-state index in [1.165, 1.54) is 18.2 Å². The first-order chi connectivity index (χ1) is 7.67. The molecule has 1 rings (SSSR count). The van der Waals surface area contributed by atoms with Crippen molar-refractivity contribution in [2.24, 2.45) is 0 Å². The van der Waals surface area contributed by atoms with Crippen molar-refractivity contribution < 1.29 is 13.9 Å². The van der Waals surface area contributed by atoms with Gasteiger partial charge in [0.25, 0.3) is 0 Å². The van der Waals surface area contributed by atoms with Crippen LogP contribution in [-0.2, 0) is 16.0 Å². The van der Waals surface area contributed by atoms with Crippen LogP contribution in [0.4, 0.5) is 4.39 Å². The van der Waals surface area contributed by atoms with Crippen LogP contribution < -0.4 is 0 Å². The highest BCUT2D eigenvalue weighted by molar-refractivity contribution is 5.72. The molecule has 0 aromatic heterocycles. The summed E-state index contributed by atoms with van der Waals surface area (Å²) in [5, 5.41) is 8.37. The molecule has 0 aliphatic rings. The molecule has 0 heterocycles. The van der Waals surface area contributed by atoms with Crippen molar-refractivity contribution in [2.45, 2.75) is 19.5 Å². The summed E-state index contributed by atoms with van der Waals surface area (Å²) in [5.41, 5.74) is 1.04. The van der Waals surface area contributed by atoms with Gasteiger partial charge in [0.05, 0.1) is 13.0 Å². The van der Waals surface area contributed by atoms with Crippen LogP contribution in [0, 0.1) is 11.3 Å². The van der Waals surface area contributed by atoms with Crippen molar-refractivity contribution in [3.05, 3.63) is 35.4 Å². The summed E-state index contributed by atoms with van der Waals surface area (Å²) < 4.78 is 17.7. The van der Waals surface area contributed by atoms with Gasteiger partial charge in [0, 0.05) is 5.56 Å². The smallest absolute Gasteiger partial charge is 0.310 e. The van der Waals surface area contributed by atoms with Gasteiger partial charge in [-0.1, -0.05) is 24.3 Å². The predicted octanol–water partition coefficient (Wildman–Crippen LogP) is 2.33. The molecule has 3 nitrogen and oxygen atoms in total. The Bertz CT molecular complexity index is 394. The molecule has 1 atom stereocenters. The predicted molar refractivity (Wildman–Crippen MR) is 56.2 cm³/mol. The number of rotatable bonds is 4. The maximum absolute atomic E-state index is 12.9. The molecule has 0 bridgehead atoms. The third-order valence-corrected chi connectivity index (χ3v) is 2.04. The molecule has 84 valence electrons. The number of benzene rings is 1. The monoisotopic (exact) mass is 221 g/mol. The van der Waals surface area contributed by atoms with Gasteiger partial charge in [-0.05, 0) is 12.5 Å². The fourth-order valence-electron chi connectivity index (χ4n) is 1.26. The normalized spacial score (nSPS) is 11.6. The van der Waals surface area contributed by atoms with E-state index in [-0.39, 0.29) is 12.4 Å². The molecule has 0 radical (unpaired) electrons. The highest BCUT2D eigenvalue weighted by Crippen LogP contribution is 2.16. The molecule has 1 aromatic rings. The Morgan fingerprint density at radius 1 is 1.50 bits per heavy atom. The number of alkyl halides is 1. The third kappa shape index (κ3) is 3.35. The van der Waals surface area contributed by atoms with Gasteiger partial charge in [-0.2, -0.15) is 5.26 Å². The summed E-state index contributed by atoms with van der Waals surface area (Å²) in [6.07, 6.45) is -1.45. The van der Waals surface area contributed by atoms with Crippen LogP contribution in [0.25, 0.3) is 0 Å². The molecule has 1 unspecified atom stereocenters. The van der Waals surface area contributed by atoms with Crippen molar-refractivity contribution >= 4 is 5.97 Å². The van der Waals surface area contributed by atoms with Crippen LogP contribution in [0.3, 0.4) is 0 Å². The van der Waals surface area contributed by atoms with Gasteiger partial charge < -0.3 is 4.74 Å². The summed E-state index contributed by atoms with van der Waals surface area (Å²) >= 11 is 0. The largest absolute Gasteiger partial charge is 0.466 e.